The summed E-state index contributed by atoms with van der Waals surface area (Å²) >= 11 is 0. The van der Waals surface area contributed by atoms with Crippen molar-refractivity contribution in [2.24, 2.45) is 0 Å². The van der Waals surface area contributed by atoms with Gasteiger partial charge in [-0.25, -0.2) is 14.5 Å². The molecule has 2 aliphatic rings. The van der Waals surface area contributed by atoms with Crippen LogP contribution in [-0.4, -0.2) is 63.6 Å². The van der Waals surface area contributed by atoms with E-state index in [0.29, 0.717) is 19.9 Å². The first kappa shape index (κ1) is 18.5. The number of hydrogen-bond acceptors (Lipinski definition) is 6. The first-order valence-electron chi connectivity index (χ1n) is 9.68. The Morgan fingerprint density at radius 3 is 2.79 bits per heavy atom. The van der Waals surface area contributed by atoms with Crippen LogP contribution in [0, 0.1) is 0 Å². The lowest BCUT2D eigenvalue weighted by Gasteiger charge is -2.35. The lowest BCUT2D eigenvalue weighted by atomic mass is 10.1. The molecule has 1 saturated heterocycles. The predicted molar refractivity (Wildman–Crippen MR) is 102 cm³/mol. The van der Waals surface area contributed by atoms with Gasteiger partial charge in [0.05, 0.1) is 6.04 Å². The molecule has 0 aliphatic carbocycles. The summed E-state index contributed by atoms with van der Waals surface area (Å²) in [6, 6.07) is 5.82. The number of benzene rings is 1. The number of aryl methyl sites for hydroxylation is 1. The number of aromatic nitrogens is 3. The van der Waals surface area contributed by atoms with Gasteiger partial charge >= 0.3 is 6.03 Å². The number of ether oxygens (including phenoxy) is 2. The van der Waals surface area contributed by atoms with Gasteiger partial charge in [-0.2, -0.15) is 5.10 Å². The average Bonchev–Trinajstić information content (AvgIpc) is 3.37. The zero-order valence-electron chi connectivity index (χ0n) is 16.3. The van der Waals surface area contributed by atoms with Gasteiger partial charge < -0.3 is 19.7 Å². The average molecular weight is 386 g/mol. The third-order valence-electron chi connectivity index (χ3n) is 5.17. The molecule has 1 N–H and O–H groups in total. The molecular weight excluding hydrogens is 360 g/mol. The van der Waals surface area contributed by atoms with Crippen LogP contribution in [-0.2, 0) is 13.1 Å². The summed E-state index contributed by atoms with van der Waals surface area (Å²) in [5.74, 6) is 2.39. The number of nitrogens with one attached hydrogen (secondary N) is 1. The van der Waals surface area contributed by atoms with Gasteiger partial charge in [0, 0.05) is 39.3 Å². The summed E-state index contributed by atoms with van der Waals surface area (Å²) in [6.07, 6.45) is 1.52. The quantitative estimate of drug-likeness (QED) is 0.841. The van der Waals surface area contributed by atoms with E-state index in [-0.39, 0.29) is 12.1 Å². The van der Waals surface area contributed by atoms with Crippen molar-refractivity contribution in [2.45, 2.75) is 33.0 Å². The number of urea groups is 1. The molecule has 0 saturated carbocycles. The van der Waals surface area contributed by atoms with Crippen LogP contribution in [0.3, 0.4) is 0 Å². The number of piperazine rings is 1. The van der Waals surface area contributed by atoms with Gasteiger partial charge in [0.1, 0.15) is 12.2 Å². The van der Waals surface area contributed by atoms with Crippen molar-refractivity contribution in [3.63, 3.8) is 0 Å². The third-order valence-corrected chi connectivity index (χ3v) is 5.17. The number of nitrogens with zero attached hydrogens (tertiary/aromatic N) is 5. The van der Waals surface area contributed by atoms with Crippen molar-refractivity contribution >= 4 is 6.03 Å². The molecule has 9 nitrogen and oxygen atoms in total. The van der Waals surface area contributed by atoms with E-state index in [1.807, 2.05) is 30.9 Å². The van der Waals surface area contributed by atoms with Crippen LogP contribution in [0.15, 0.2) is 24.5 Å². The normalized spacial score (nSPS) is 17.6. The Balaban J connectivity index is 1.27. The Morgan fingerprint density at radius 2 is 2.00 bits per heavy atom. The number of amides is 2. The fourth-order valence-electron chi connectivity index (χ4n) is 3.60. The maximum absolute atomic E-state index is 12.6. The maximum atomic E-state index is 12.6. The number of fused-ring (bicyclic) bond motifs is 1. The Labute approximate surface area is 164 Å². The van der Waals surface area contributed by atoms with E-state index >= 15 is 0 Å². The standard InChI is InChI=1S/C19H26N6O3/c1-3-25-18(20-12-21-25)14(2)22-19(26)24-8-6-23(7-9-24)11-15-4-5-16-17(10-15)28-13-27-16/h4-5,10,12,14H,3,6-9,11,13H2,1-2H3,(H,22,26)/t14-/m1/s1. The smallest absolute Gasteiger partial charge is 0.318 e. The summed E-state index contributed by atoms with van der Waals surface area (Å²) in [7, 11) is 0. The van der Waals surface area contributed by atoms with E-state index in [9.17, 15) is 4.79 Å². The second-order valence-electron chi connectivity index (χ2n) is 7.06. The third kappa shape index (κ3) is 3.89. The second-order valence-corrected chi connectivity index (χ2v) is 7.06. The first-order valence-corrected chi connectivity index (χ1v) is 9.68. The molecular formula is C19H26N6O3. The molecule has 0 radical (unpaired) electrons. The topological polar surface area (TPSA) is 84.8 Å². The van der Waals surface area contributed by atoms with Crippen molar-refractivity contribution < 1.29 is 14.3 Å². The molecule has 9 heteroatoms. The van der Waals surface area contributed by atoms with Gasteiger partial charge in [-0.05, 0) is 31.5 Å². The Morgan fingerprint density at radius 1 is 1.21 bits per heavy atom. The fourth-order valence-corrected chi connectivity index (χ4v) is 3.60. The predicted octanol–water partition coefficient (Wildman–Crippen LogP) is 1.62. The molecule has 150 valence electrons. The molecule has 3 heterocycles. The number of rotatable bonds is 5. The van der Waals surface area contributed by atoms with Crippen molar-refractivity contribution in [3.8, 4) is 11.5 Å². The molecule has 0 bridgehead atoms. The van der Waals surface area contributed by atoms with E-state index < -0.39 is 0 Å². The van der Waals surface area contributed by atoms with Crippen LogP contribution in [0.1, 0.15) is 31.3 Å². The number of hydrogen-bond donors (Lipinski definition) is 1. The minimum Gasteiger partial charge on any atom is -0.454 e. The number of carbonyl (C=O) groups is 1. The first-order chi connectivity index (χ1) is 13.6. The van der Waals surface area contributed by atoms with Gasteiger partial charge in [-0.15, -0.1) is 0 Å². The summed E-state index contributed by atoms with van der Waals surface area (Å²) in [5.41, 5.74) is 1.19. The molecule has 0 spiro atoms. The zero-order chi connectivity index (χ0) is 19.5. The molecule has 1 fully saturated rings. The molecule has 1 atom stereocenters. The van der Waals surface area contributed by atoms with Gasteiger partial charge in [0.25, 0.3) is 0 Å². The van der Waals surface area contributed by atoms with Crippen molar-refractivity contribution in [2.75, 3.05) is 33.0 Å². The Bertz CT molecular complexity index is 831. The lowest BCUT2D eigenvalue weighted by molar-refractivity contribution is 0.133. The molecule has 28 heavy (non-hydrogen) atoms. The highest BCUT2D eigenvalue weighted by Gasteiger charge is 2.24. The van der Waals surface area contributed by atoms with Gasteiger partial charge in [-0.3, -0.25) is 4.90 Å². The van der Waals surface area contributed by atoms with Crippen LogP contribution >= 0.6 is 0 Å². The van der Waals surface area contributed by atoms with Crippen LogP contribution in [0.5, 0.6) is 11.5 Å². The molecule has 1 aromatic carbocycles. The van der Waals surface area contributed by atoms with Gasteiger partial charge in [0.15, 0.2) is 11.5 Å². The van der Waals surface area contributed by atoms with Crippen LogP contribution in [0.2, 0.25) is 0 Å². The second kappa shape index (κ2) is 8.05. The molecule has 2 aromatic rings. The minimum atomic E-state index is -0.179. The fraction of sp³-hybridized carbons (Fsp3) is 0.526. The summed E-state index contributed by atoms with van der Waals surface area (Å²) in [4.78, 5) is 21.1. The van der Waals surface area contributed by atoms with Crippen LogP contribution in [0.4, 0.5) is 4.79 Å². The molecule has 4 rings (SSSR count). The SMILES string of the molecule is CCn1ncnc1[C@@H](C)NC(=O)N1CCN(Cc2ccc3c(c2)OCO3)CC1. The minimum absolute atomic E-state index is 0.0547. The van der Waals surface area contributed by atoms with Gasteiger partial charge in [-0.1, -0.05) is 6.07 Å². The van der Waals surface area contributed by atoms with Gasteiger partial charge in [0.2, 0.25) is 6.79 Å². The van der Waals surface area contributed by atoms with Crippen molar-refractivity contribution in [1.82, 2.24) is 29.9 Å². The van der Waals surface area contributed by atoms with E-state index in [0.717, 1.165) is 43.5 Å². The highest BCUT2D eigenvalue weighted by atomic mass is 16.7. The summed E-state index contributed by atoms with van der Waals surface area (Å²) in [5, 5.41) is 7.20. The molecule has 1 aromatic heterocycles. The lowest BCUT2D eigenvalue weighted by Crippen LogP contribution is -2.51. The van der Waals surface area contributed by atoms with Crippen molar-refractivity contribution in [1.29, 1.82) is 0 Å². The van der Waals surface area contributed by atoms with E-state index in [1.54, 1.807) is 4.68 Å². The molecule has 0 unspecified atom stereocenters. The monoisotopic (exact) mass is 386 g/mol. The molecule has 2 aliphatic heterocycles. The highest BCUT2D eigenvalue weighted by molar-refractivity contribution is 5.74. The zero-order valence-corrected chi connectivity index (χ0v) is 16.3. The van der Waals surface area contributed by atoms with E-state index in [1.165, 1.54) is 11.9 Å². The largest absolute Gasteiger partial charge is 0.454 e. The number of carbonyl (C=O) groups excluding carboxylic acids is 1. The molecule has 2 amide bonds. The van der Waals surface area contributed by atoms with Crippen LogP contribution < -0.4 is 14.8 Å². The Kier molecular flexibility index (Phi) is 5.34. The Hall–Kier alpha value is -2.81. The van der Waals surface area contributed by atoms with E-state index in [4.69, 9.17) is 9.47 Å². The summed E-state index contributed by atoms with van der Waals surface area (Å²) in [6.45, 7) is 8.86. The maximum Gasteiger partial charge on any atom is 0.318 e. The van der Waals surface area contributed by atoms with Crippen LogP contribution in [0.25, 0.3) is 0 Å². The highest BCUT2D eigenvalue weighted by Crippen LogP contribution is 2.32. The van der Waals surface area contributed by atoms with Crippen molar-refractivity contribution in [3.05, 3.63) is 35.9 Å². The van der Waals surface area contributed by atoms with E-state index in [2.05, 4.69) is 26.4 Å². The summed E-state index contributed by atoms with van der Waals surface area (Å²) < 4.78 is 12.6.